The number of hydrogen-bond acceptors (Lipinski definition) is 7. The molecule has 0 saturated carbocycles. The van der Waals surface area contributed by atoms with Gasteiger partial charge in [-0.15, -0.1) is 0 Å². The van der Waals surface area contributed by atoms with Crippen molar-refractivity contribution in [2.24, 2.45) is 0 Å². The van der Waals surface area contributed by atoms with Crippen LogP contribution in [0.4, 0.5) is 16.2 Å². The molecule has 0 aliphatic carbocycles. The molecule has 2 aromatic carbocycles. The molecule has 0 aliphatic heterocycles. The maximum atomic E-state index is 12.7. The molecule has 0 radical (unpaired) electrons. The summed E-state index contributed by atoms with van der Waals surface area (Å²) in [6.45, 7) is 4.95. The van der Waals surface area contributed by atoms with Gasteiger partial charge in [0.15, 0.2) is 11.5 Å². The van der Waals surface area contributed by atoms with Gasteiger partial charge in [-0.3, -0.25) is 9.59 Å². The summed E-state index contributed by atoms with van der Waals surface area (Å²) in [5.41, 5.74) is 0.675. The van der Waals surface area contributed by atoms with Gasteiger partial charge in [-0.25, -0.2) is 4.79 Å². The van der Waals surface area contributed by atoms with E-state index in [1.807, 2.05) is 0 Å². The van der Waals surface area contributed by atoms with E-state index in [0.717, 1.165) is 0 Å². The molecule has 0 aliphatic rings. The largest absolute Gasteiger partial charge is 0.493 e. The molecular formula is C23H29N3O7. The van der Waals surface area contributed by atoms with Gasteiger partial charge in [0.2, 0.25) is 11.7 Å². The minimum atomic E-state index is -0.678. The Kier molecular flexibility index (Phi) is 8.49. The van der Waals surface area contributed by atoms with E-state index in [2.05, 4.69) is 16.0 Å². The molecule has 0 aromatic heterocycles. The summed E-state index contributed by atoms with van der Waals surface area (Å²) < 4.78 is 20.9. The van der Waals surface area contributed by atoms with Crippen LogP contribution in [-0.2, 0) is 9.53 Å². The highest BCUT2D eigenvalue weighted by Crippen LogP contribution is 2.38. The Morgan fingerprint density at radius 1 is 0.818 bits per heavy atom. The van der Waals surface area contributed by atoms with Crippen LogP contribution < -0.4 is 30.2 Å². The van der Waals surface area contributed by atoms with Crippen LogP contribution in [0.2, 0.25) is 0 Å². The third kappa shape index (κ3) is 7.60. The number of rotatable bonds is 8. The molecule has 10 heteroatoms. The van der Waals surface area contributed by atoms with Gasteiger partial charge in [0.25, 0.3) is 5.91 Å². The van der Waals surface area contributed by atoms with Crippen molar-refractivity contribution in [3.8, 4) is 17.2 Å². The van der Waals surface area contributed by atoms with Gasteiger partial charge in [-0.2, -0.15) is 0 Å². The van der Waals surface area contributed by atoms with Gasteiger partial charge in [0, 0.05) is 16.9 Å². The van der Waals surface area contributed by atoms with E-state index in [1.165, 1.54) is 21.3 Å². The molecule has 2 aromatic rings. The molecule has 3 amide bonds. The van der Waals surface area contributed by atoms with Crippen LogP contribution in [0.25, 0.3) is 0 Å². The predicted molar refractivity (Wildman–Crippen MR) is 123 cm³/mol. The van der Waals surface area contributed by atoms with Gasteiger partial charge in [-0.1, -0.05) is 0 Å². The lowest BCUT2D eigenvalue weighted by Crippen LogP contribution is -2.37. The summed E-state index contributed by atoms with van der Waals surface area (Å²) in [5, 5.41) is 7.79. The number of amides is 3. The Morgan fingerprint density at radius 3 is 1.79 bits per heavy atom. The van der Waals surface area contributed by atoms with Crippen molar-refractivity contribution in [3.63, 3.8) is 0 Å². The summed E-state index contributed by atoms with van der Waals surface area (Å²) in [6.07, 6.45) is -0.678. The molecule has 3 N–H and O–H groups in total. The summed E-state index contributed by atoms with van der Waals surface area (Å²) in [4.78, 5) is 36.3. The lowest BCUT2D eigenvalue weighted by Gasteiger charge is -2.19. The van der Waals surface area contributed by atoms with E-state index < -0.39 is 17.6 Å². The van der Waals surface area contributed by atoms with Crippen molar-refractivity contribution in [2.45, 2.75) is 26.4 Å². The van der Waals surface area contributed by atoms with Crippen molar-refractivity contribution < 1.29 is 33.3 Å². The molecule has 0 bridgehead atoms. The first-order valence-corrected chi connectivity index (χ1v) is 10.0. The van der Waals surface area contributed by atoms with Crippen LogP contribution in [0.15, 0.2) is 36.4 Å². The van der Waals surface area contributed by atoms with Gasteiger partial charge in [-0.05, 0) is 57.2 Å². The highest BCUT2D eigenvalue weighted by Gasteiger charge is 2.18. The average molecular weight is 459 g/mol. The van der Waals surface area contributed by atoms with Crippen LogP contribution >= 0.6 is 0 Å². The third-order valence-electron chi connectivity index (χ3n) is 4.15. The Morgan fingerprint density at radius 2 is 1.33 bits per heavy atom. The maximum absolute atomic E-state index is 12.7. The standard InChI is InChI=1S/C23H29N3O7/c1-23(2,3)33-22(29)24-13-19(27)25-15-7-9-16(10-8-15)26-21(28)14-11-17(30-4)20(32-6)18(12-14)31-5/h7-12H,13H2,1-6H3,(H,24,29)(H,25,27)(H,26,28). The molecule has 0 unspecified atom stereocenters. The molecule has 0 heterocycles. The second kappa shape index (κ2) is 11.1. The average Bonchev–Trinajstić information content (AvgIpc) is 2.76. The first-order valence-electron chi connectivity index (χ1n) is 10.0. The van der Waals surface area contributed by atoms with Crippen molar-refractivity contribution >= 4 is 29.3 Å². The van der Waals surface area contributed by atoms with E-state index in [4.69, 9.17) is 18.9 Å². The normalized spacial score (nSPS) is 10.6. The van der Waals surface area contributed by atoms with E-state index >= 15 is 0 Å². The van der Waals surface area contributed by atoms with E-state index in [9.17, 15) is 14.4 Å². The summed E-state index contributed by atoms with van der Waals surface area (Å²) in [7, 11) is 4.41. The Balaban J connectivity index is 1.97. The molecule has 2 rings (SSSR count). The quantitative estimate of drug-likeness (QED) is 0.552. The van der Waals surface area contributed by atoms with Crippen LogP contribution in [0, 0.1) is 0 Å². The molecule has 0 saturated heterocycles. The molecule has 0 spiro atoms. The van der Waals surface area contributed by atoms with Crippen LogP contribution in [0.5, 0.6) is 17.2 Å². The van der Waals surface area contributed by atoms with Crippen LogP contribution in [0.3, 0.4) is 0 Å². The van der Waals surface area contributed by atoms with Gasteiger partial charge < -0.3 is 34.9 Å². The Hall–Kier alpha value is -3.95. The number of anilines is 2. The number of nitrogens with one attached hydrogen (secondary N) is 3. The number of methoxy groups -OCH3 is 3. The number of benzene rings is 2. The molecule has 178 valence electrons. The SMILES string of the molecule is COc1cc(C(=O)Nc2ccc(NC(=O)CNC(=O)OC(C)(C)C)cc2)cc(OC)c1OC. The van der Waals surface area contributed by atoms with Crippen molar-refractivity contribution in [1.29, 1.82) is 0 Å². The van der Waals surface area contributed by atoms with Gasteiger partial charge in [0.05, 0.1) is 21.3 Å². The molecule has 0 atom stereocenters. The monoisotopic (exact) mass is 459 g/mol. The fraction of sp³-hybridized carbons (Fsp3) is 0.348. The van der Waals surface area contributed by atoms with Gasteiger partial charge >= 0.3 is 6.09 Å². The molecule has 10 nitrogen and oxygen atoms in total. The summed E-state index contributed by atoms with van der Waals surface area (Å²) in [6, 6.07) is 9.60. The van der Waals surface area contributed by atoms with Crippen molar-refractivity contribution in [2.75, 3.05) is 38.5 Å². The lowest BCUT2D eigenvalue weighted by molar-refractivity contribution is -0.115. The lowest BCUT2D eigenvalue weighted by atomic mass is 10.1. The number of ether oxygens (including phenoxy) is 4. The summed E-state index contributed by atoms with van der Waals surface area (Å²) in [5.74, 6) is 0.306. The Labute approximate surface area is 192 Å². The topological polar surface area (TPSA) is 124 Å². The second-order valence-electron chi connectivity index (χ2n) is 7.85. The van der Waals surface area contributed by atoms with Crippen LogP contribution in [0.1, 0.15) is 31.1 Å². The smallest absolute Gasteiger partial charge is 0.408 e. The first-order chi connectivity index (χ1) is 15.6. The van der Waals surface area contributed by atoms with Crippen LogP contribution in [-0.4, -0.2) is 51.4 Å². The zero-order chi connectivity index (χ0) is 24.6. The fourth-order valence-electron chi connectivity index (χ4n) is 2.72. The van der Waals surface area contributed by atoms with E-state index in [0.29, 0.717) is 34.2 Å². The number of alkyl carbamates (subject to hydrolysis) is 1. The van der Waals surface area contributed by atoms with Crippen molar-refractivity contribution in [3.05, 3.63) is 42.0 Å². The number of carbonyl (C=O) groups is 3. The second-order valence-corrected chi connectivity index (χ2v) is 7.85. The maximum Gasteiger partial charge on any atom is 0.408 e. The highest BCUT2D eigenvalue weighted by molar-refractivity contribution is 6.05. The first kappa shape index (κ1) is 25.3. The Bertz CT molecular complexity index is 973. The minimum absolute atomic E-state index is 0.242. The van der Waals surface area contributed by atoms with Gasteiger partial charge in [0.1, 0.15) is 12.1 Å². The van der Waals surface area contributed by atoms with E-state index in [-0.39, 0.29) is 12.5 Å². The molecular weight excluding hydrogens is 430 g/mol. The molecule has 0 fully saturated rings. The zero-order valence-corrected chi connectivity index (χ0v) is 19.5. The minimum Gasteiger partial charge on any atom is -0.493 e. The van der Waals surface area contributed by atoms with Crippen molar-refractivity contribution in [1.82, 2.24) is 5.32 Å². The fourth-order valence-corrected chi connectivity index (χ4v) is 2.72. The predicted octanol–water partition coefficient (Wildman–Crippen LogP) is 3.43. The highest BCUT2D eigenvalue weighted by atomic mass is 16.6. The number of carbonyl (C=O) groups excluding carboxylic acids is 3. The number of hydrogen-bond donors (Lipinski definition) is 3. The third-order valence-corrected chi connectivity index (χ3v) is 4.15. The van der Waals surface area contributed by atoms with E-state index in [1.54, 1.807) is 57.2 Å². The summed E-state index contributed by atoms with van der Waals surface area (Å²) >= 11 is 0. The zero-order valence-electron chi connectivity index (χ0n) is 19.5. The molecule has 33 heavy (non-hydrogen) atoms.